The van der Waals surface area contributed by atoms with Gasteiger partial charge in [0.25, 0.3) is 0 Å². The first kappa shape index (κ1) is 15.3. The van der Waals surface area contributed by atoms with E-state index >= 15 is 0 Å². The quantitative estimate of drug-likeness (QED) is 0.665. The molecule has 1 aromatic rings. The zero-order valence-electron chi connectivity index (χ0n) is 11.3. The number of hydrogen-bond donors (Lipinski definition) is 2. The Morgan fingerprint density at radius 2 is 1.95 bits per heavy atom. The summed E-state index contributed by atoms with van der Waals surface area (Å²) in [6.45, 7) is 1.39. The third kappa shape index (κ3) is 3.72. The Morgan fingerprint density at radius 1 is 1.30 bits per heavy atom. The van der Waals surface area contributed by atoms with E-state index in [1.807, 2.05) is 4.90 Å². The molecule has 1 aromatic carbocycles. The van der Waals surface area contributed by atoms with Gasteiger partial charge in [-0.25, -0.2) is 8.42 Å². The van der Waals surface area contributed by atoms with E-state index < -0.39 is 17.0 Å². The SMILES string of the molecule is COc1ccc(B(O)O)c(CN2CCS(=O)(=O)CC2)c1. The van der Waals surface area contributed by atoms with Crippen molar-refractivity contribution in [1.82, 2.24) is 4.90 Å². The summed E-state index contributed by atoms with van der Waals surface area (Å²) in [7, 11) is -2.92. The minimum atomic E-state index is -2.91. The number of rotatable bonds is 4. The lowest BCUT2D eigenvalue weighted by Crippen LogP contribution is -2.42. The molecule has 0 radical (unpaired) electrons. The summed E-state index contributed by atoms with van der Waals surface area (Å²) in [6, 6.07) is 5.02. The van der Waals surface area contributed by atoms with Crippen molar-refractivity contribution in [1.29, 1.82) is 0 Å². The lowest BCUT2D eigenvalue weighted by Gasteiger charge is -2.27. The Bertz CT molecular complexity index is 561. The van der Waals surface area contributed by atoms with E-state index in [9.17, 15) is 18.5 Å². The van der Waals surface area contributed by atoms with Crippen molar-refractivity contribution in [2.45, 2.75) is 6.54 Å². The maximum Gasteiger partial charge on any atom is 0.488 e. The first-order chi connectivity index (χ1) is 9.41. The molecule has 1 heterocycles. The van der Waals surface area contributed by atoms with Gasteiger partial charge in [0.05, 0.1) is 18.6 Å². The summed E-state index contributed by atoms with van der Waals surface area (Å²) in [5.74, 6) is 0.927. The largest absolute Gasteiger partial charge is 0.497 e. The molecule has 1 aliphatic heterocycles. The van der Waals surface area contributed by atoms with Gasteiger partial charge in [0, 0.05) is 19.6 Å². The van der Waals surface area contributed by atoms with Gasteiger partial charge in [-0.3, -0.25) is 4.90 Å². The lowest BCUT2D eigenvalue weighted by molar-refractivity contribution is 0.287. The van der Waals surface area contributed by atoms with Gasteiger partial charge in [-0.2, -0.15) is 0 Å². The van der Waals surface area contributed by atoms with Crippen LogP contribution in [0.15, 0.2) is 18.2 Å². The highest BCUT2D eigenvalue weighted by atomic mass is 32.2. The molecule has 1 saturated heterocycles. The van der Waals surface area contributed by atoms with Crippen molar-refractivity contribution in [2.75, 3.05) is 31.7 Å². The number of methoxy groups -OCH3 is 1. The maximum absolute atomic E-state index is 11.4. The fourth-order valence-electron chi connectivity index (χ4n) is 2.25. The highest BCUT2D eigenvalue weighted by molar-refractivity contribution is 7.91. The van der Waals surface area contributed by atoms with Crippen molar-refractivity contribution in [3.8, 4) is 5.75 Å². The van der Waals surface area contributed by atoms with Crippen LogP contribution in [-0.2, 0) is 16.4 Å². The Morgan fingerprint density at radius 3 is 2.50 bits per heavy atom. The second-order valence-corrected chi connectivity index (χ2v) is 7.17. The highest BCUT2D eigenvalue weighted by Crippen LogP contribution is 2.15. The predicted molar refractivity (Wildman–Crippen MR) is 76.8 cm³/mol. The molecule has 6 nitrogen and oxygen atoms in total. The number of benzene rings is 1. The van der Waals surface area contributed by atoms with Crippen LogP contribution >= 0.6 is 0 Å². The monoisotopic (exact) mass is 299 g/mol. The van der Waals surface area contributed by atoms with Crippen molar-refractivity contribution >= 4 is 22.4 Å². The number of hydrogen-bond acceptors (Lipinski definition) is 6. The average Bonchev–Trinajstić information content (AvgIpc) is 2.40. The van der Waals surface area contributed by atoms with Gasteiger partial charge in [-0.1, -0.05) is 6.07 Å². The minimum Gasteiger partial charge on any atom is -0.497 e. The summed E-state index contributed by atoms with van der Waals surface area (Å²) < 4.78 is 27.9. The Hall–Kier alpha value is -1.09. The second-order valence-electron chi connectivity index (χ2n) is 4.87. The molecule has 1 fully saturated rings. The van der Waals surface area contributed by atoms with E-state index in [2.05, 4.69) is 0 Å². The van der Waals surface area contributed by atoms with Crippen LogP contribution in [0, 0.1) is 0 Å². The standard InChI is InChI=1S/C12H18BNO5S/c1-19-11-2-3-12(13(15)16)10(8-11)9-14-4-6-20(17,18)7-5-14/h2-3,8,15-16H,4-7,9H2,1H3. The zero-order valence-corrected chi connectivity index (χ0v) is 12.1. The Balaban J connectivity index is 2.15. The van der Waals surface area contributed by atoms with Crippen LogP contribution in [0.4, 0.5) is 0 Å². The van der Waals surface area contributed by atoms with Gasteiger partial charge in [0.1, 0.15) is 5.75 Å². The molecule has 110 valence electrons. The van der Waals surface area contributed by atoms with E-state index in [-0.39, 0.29) is 11.5 Å². The molecule has 1 aliphatic rings. The fourth-order valence-corrected chi connectivity index (χ4v) is 3.52. The lowest BCUT2D eigenvalue weighted by atomic mass is 9.77. The molecule has 0 spiro atoms. The molecule has 8 heteroatoms. The van der Waals surface area contributed by atoms with Gasteiger partial charge in [-0.15, -0.1) is 0 Å². The van der Waals surface area contributed by atoms with Gasteiger partial charge in [0.15, 0.2) is 9.84 Å². The summed E-state index contributed by atoms with van der Waals surface area (Å²) >= 11 is 0. The van der Waals surface area contributed by atoms with Crippen molar-refractivity contribution in [2.24, 2.45) is 0 Å². The molecule has 0 amide bonds. The second kappa shape index (κ2) is 6.13. The molecule has 0 unspecified atom stereocenters. The topological polar surface area (TPSA) is 87.1 Å². The van der Waals surface area contributed by atoms with Crippen LogP contribution < -0.4 is 10.2 Å². The molecule has 0 aromatic heterocycles. The first-order valence-corrected chi connectivity index (χ1v) is 8.19. The van der Waals surface area contributed by atoms with Crippen LogP contribution in [0.2, 0.25) is 0 Å². The summed E-state index contributed by atoms with van der Waals surface area (Å²) in [5, 5.41) is 18.8. The molecule has 20 heavy (non-hydrogen) atoms. The van der Waals surface area contributed by atoms with Gasteiger partial charge >= 0.3 is 7.12 Å². The summed E-state index contributed by atoms with van der Waals surface area (Å²) in [6.07, 6.45) is 0. The van der Waals surface area contributed by atoms with Crippen LogP contribution in [0.25, 0.3) is 0 Å². The van der Waals surface area contributed by atoms with Crippen molar-refractivity contribution < 1.29 is 23.2 Å². The Kier molecular flexibility index (Phi) is 4.69. The Labute approximate surface area is 119 Å². The van der Waals surface area contributed by atoms with E-state index in [0.717, 1.165) is 5.56 Å². The number of sulfone groups is 1. The summed E-state index contributed by atoms with van der Waals surface area (Å²) in [5.41, 5.74) is 1.15. The molecule has 0 aliphatic carbocycles. The van der Waals surface area contributed by atoms with Gasteiger partial charge < -0.3 is 14.8 Å². The molecule has 2 N–H and O–H groups in total. The fraction of sp³-hybridized carbons (Fsp3) is 0.500. The summed E-state index contributed by atoms with van der Waals surface area (Å²) in [4.78, 5) is 1.99. The number of ether oxygens (including phenoxy) is 1. The zero-order chi connectivity index (χ0) is 14.8. The minimum absolute atomic E-state index is 0.147. The first-order valence-electron chi connectivity index (χ1n) is 6.37. The molecule has 2 rings (SSSR count). The predicted octanol–water partition coefficient (Wildman–Crippen LogP) is -1.39. The van der Waals surface area contributed by atoms with E-state index in [1.165, 1.54) is 0 Å². The molecule has 0 atom stereocenters. The highest BCUT2D eigenvalue weighted by Gasteiger charge is 2.24. The van der Waals surface area contributed by atoms with E-state index in [0.29, 0.717) is 30.8 Å². The van der Waals surface area contributed by atoms with Crippen molar-refractivity contribution in [3.63, 3.8) is 0 Å². The van der Waals surface area contributed by atoms with Crippen LogP contribution in [0.1, 0.15) is 5.56 Å². The average molecular weight is 299 g/mol. The number of nitrogens with zero attached hydrogens (tertiary/aromatic N) is 1. The normalized spacial score (nSPS) is 18.8. The van der Waals surface area contributed by atoms with E-state index in [4.69, 9.17) is 4.74 Å². The van der Waals surface area contributed by atoms with Gasteiger partial charge in [0.2, 0.25) is 0 Å². The molecule has 0 bridgehead atoms. The van der Waals surface area contributed by atoms with Crippen LogP contribution in [0.3, 0.4) is 0 Å². The van der Waals surface area contributed by atoms with Crippen LogP contribution in [-0.4, -0.2) is 62.2 Å². The molecular formula is C12H18BNO5S. The molecular weight excluding hydrogens is 281 g/mol. The third-order valence-corrected chi connectivity index (χ3v) is 5.07. The maximum atomic E-state index is 11.4. The third-order valence-electron chi connectivity index (χ3n) is 3.46. The molecule has 0 saturated carbocycles. The van der Waals surface area contributed by atoms with Crippen molar-refractivity contribution in [3.05, 3.63) is 23.8 Å². The van der Waals surface area contributed by atoms with Gasteiger partial charge in [-0.05, 0) is 23.2 Å². The van der Waals surface area contributed by atoms with Crippen LogP contribution in [0.5, 0.6) is 5.75 Å². The smallest absolute Gasteiger partial charge is 0.488 e. The van der Waals surface area contributed by atoms with E-state index in [1.54, 1.807) is 25.3 Å².